The molecule has 2 aliphatic rings. The van der Waals surface area contributed by atoms with Gasteiger partial charge in [0.15, 0.2) is 11.6 Å². The third kappa shape index (κ3) is 3.23. The van der Waals surface area contributed by atoms with Crippen molar-refractivity contribution in [3.05, 3.63) is 71.3 Å². The number of carbonyl (C=O) groups excluding carboxylic acids is 1. The van der Waals surface area contributed by atoms with Crippen LogP contribution in [0.4, 0.5) is 8.78 Å². The molecule has 4 rings (SSSR count). The van der Waals surface area contributed by atoms with E-state index in [9.17, 15) is 13.6 Å². The molecular weight excluding hydrogens is 334 g/mol. The highest BCUT2D eigenvalue weighted by atomic mass is 19.2. The molecule has 0 bridgehead atoms. The molecule has 0 aromatic heterocycles. The van der Waals surface area contributed by atoms with Crippen LogP contribution in [0, 0.1) is 17.6 Å². The summed E-state index contributed by atoms with van der Waals surface area (Å²) < 4.78 is 26.4. The topological polar surface area (TPSA) is 32.3 Å². The first-order valence-electron chi connectivity index (χ1n) is 9.16. The molecule has 0 aliphatic carbocycles. The fourth-order valence-corrected chi connectivity index (χ4v) is 4.42. The van der Waals surface area contributed by atoms with E-state index in [0.29, 0.717) is 5.56 Å². The lowest BCUT2D eigenvalue weighted by molar-refractivity contribution is -0.125. The molecule has 2 aliphatic heterocycles. The van der Waals surface area contributed by atoms with Crippen LogP contribution in [0.2, 0.25) is 0 Å². The second-order valence-electron chi connectivity index (χ2n) is 7.18. The summed E-state index contributed by atoms with van der Waals surface area (Å²) >= 11 is 0. The van der Waals surface area contributed by atoms with Gasteiger partial charge < -0.3 is 5.32 Å². The van der Waals surface area contributed by atoms with Gasteiger partial charge in [0.2, 0.25) is 5.91 Å². The lowest BCUT2D eigenvalue weighted by atomic mass is 9.93. The average molecular weight is 356 g/mol. The van der Waals surface area contributed by atoms with Gasteiger partial charge in [0.1, 0.15) is 0 Å². The fourth-order valence-electron chi connectivity index (χ4n) is 4.42. The first-order chi connectivity index (χ1) is 12.6. The first kappa shape index (κ1) is 17.2. The largest absolute Gasteiger partial charge is 0.352 e. The molecular formula is C21H22F2N2O. The maximum absolute atomic E-state index is 13.3. The minimum Gasteiger partial charge on any atom is -0.352 e. The van der Waals surface area contributed by atoms with Crippen molar-refractivity contribution in [3.63, 3.8) is 0 Å². The van der Waals surface area contributed by atoms with Crippen molar-refractivity contribution < 1.29 is 13.6 Å². The predicted molar refractivity (Wildman–Crippen MR) is 95.2 cm³/mol. The molecule has 3 nitrogen and oxygen atoms in total. The molecule has 0 saturated carbocycles. The van der Waals surface area contributed by atoms with Gasteiger partial charge in [0.25, 0.3) is 0 Å². The SMILES string of the molecule is O=C(NCc1ccc(F)c(F)c1)[C@@H]1C[C@H](c2ccccc2)N2CCC[C@@H]12. The summed E-state index contributed by atoms with van der Waals surface area (Å²) in [5.74, 6) is -1.81. The predicted octanol–water partition coefficient (Wildman–Crippen LogP) is 3.81. The van der Waals surface area contributed by atoms with E-state index in [4.69, 9.17) is 0 Å². The van der Waals surface area contributed by atoms with Crippen LogP contribution in [0.3, 0.4) is 0 Å². The Labute approximate surface area is 152 Å². The van der Waals surface area contributed by atoms with Gasteiger partial charge in [-0.05, 0) is 49.1 Å². The zero-order valence-electron chi connectivity index (χ0n) is 14.5. The Morgan fingerprint density at radius 3 is 2.69 bits per heavy atom. The molecule has 0 unspecified atom stereocenters. The Hall–Kier alpha value is -2.27. The van der Waals surface area contributed by atoms with E-state index in [1.165, 1.54) is 11.6 Å². The quantitative estimate of drug-likeness (QED) is 0.904. The van der Waals surface area contributed by atoms with Gasteiger partial charge in [-0.3, -0.25) is 9.69 Å². The molecule has 2 fully saturated rings. The van der Waals surface area contributed by atoms with Crippen LogP contribution in [-0.2, 0) is 11.3 Å². The van der Waals surface area contributed by atoms with Gasteiger partial charge in [0, 0.05) is 18.6 Å². The van der Waals surface area contributed by atoms with Gasteiger partial charge in [-0.15, -0.1) is 0 Å². The average Bonchev–Trinajstić information content (AvgIpc) is 3.26. The highest BCUT2D eigenvalue weighted by Gasteiger charge is 2.46. The molecule has 136 valence electrons. The lowest BCUT2D eigenvalue weighted by Gasteiger charge is -2.24. The highest BCUT2D eigenvalue weighted by Crippen LogP contribution is 2.44. The number of rotatable bonds is 4. The molecule has 0 radical (unpaired) electrons. The number of halogens is 2. The normalized spacial score (nSPS) is 25.2. The Morgan fingerprint density at radius 2 is 1.92 bits per heavy atom. The van der Waals surface area contributed by atoms with Crippen molar-refractivity contribution in [1.29, 1.82) is 0 Å². The van der Waals surface area contributed by atoms with Crippen LogP contribution in [0.15, 0.2) is 48.5 Å². The van der Waals surface area contributed by atoms with E-state index >= 15 is 0 Å². The maximum atomic E-state index is 13.3. The van der Waals surface area contributed by atoms with Crippen molar-refractivity contribution in [2.75, 3.05) is 6.54 Å². The fraction of sp³-hybridized carbons (Fsp3) is 0.381. The summed E-state index contributed by atoms with van der Waals surface area (Å²) in [5, 5.41) is 2.92. The maximum Gasteiger partial charge on any atom is 0.225 e. The van der Waals surface area contributed by atoms with Crippen LogP contribution in [0.25, 0.3) is 0 Å². The summed E-state index contributed by atoms with van der Waals surface area (Å²) in [4.78, 5) is 15.2. The number of nitrogens with zero attached hydrogens (tertiary/aromatic N) is 1. The minimum absolute atomic E-state index is 0.00469. The Bertz CT molecular complexity index is 796. The molecule has 2 aromatic carbocycles. The highest BCUT2D eigenvalue weighted by molar-refractivity contribution is 5.80. The smallest absolute Gasteiger partial charge is 0.225 e. The molecule has 1 amide bonds. The lowest BCUT2D eigenvalue weighted by Crippen LogP contribution is -2.37. The Kier molecular flexibility index (Phi) is 4.72. The van der Waals surface area contributed by atoms with E-state index in [1.807, 2.05) is 18.2 Å². The van der Waals surface area contributed by atoms with Gasteiger partial charge in [-0.2, -0.15) is 0 Å². The molecule has 5 heteroatoms. The summed E-state index contributed by atoms with van der Waals surface area (Å²) in [6.07, 6.45) is 2.95. The van der Waals surface area contributed by atoms with Crippen LogP contribution >= 0.6 is 0 Å². The molecule has 26 heavy (non-hydrogen) atoms. The summed E-state index contributed by atoms with van der Waals surface area (Å²) in [5.41, 5.74) is 1.83. The molecule has 1 N–H and O–H groups in total. The Morgan fingerprint density at radius 1 is 1.12 bits per heavy atom. The van der Waals surface area contributed by atoms with Crippen LogP contribution in [-0.4, -0.2) is 23.4 Å². The number of carbonyl (C=O) groups is 1. The third-order valence-electron chi connectivity index (χ3n) is 5.66. The van der Waals surface area contributed by atoms with E-state index in [2.05, 4.69) is 22.3 Å². The molecule has 0 spiro atoms. The van der Waals surface area contributed by atoms with Crippen molar-refractivity contribution >= 4 is 5.91 Å². The summed E-state index contributed by atoms with van der Waals surface area (Å²) in [6.45, 7) is 1.24. The van der Waals surface area contributed by atoms with Crippen LogP contribution < -0.4 is 5.32 Å². The van der Waals surface area contributed by atoms with Crippen LogP contribution in [0.1, 0.15) is 36.4 Å². The number of hydrogen-bond donors (Lipinski definition) is 1. The number of nitrogens with one attached hydrogen (secondary N) is 1. The van der Waals surface area contributed by atoms with Crippen molar-refractivity contribution in [3.8, 4) is 0 Å². The molecule has 2 heterocycles. The summed E-state index contributed by atoms with van der Waals surface area (Å²) in [6, 6.07) is 14.6. The minimum atomic E-state index is -0.885. The molecule has 3 atom stereocenters. The number of hydrogen-bond acceptors (Lipinski definition) is 2. The second kappa shape index (κ2) is 7.16. The van der Waals surface area contributed by atoms with E-state index in [-0.39, 0.29) is 30.5 Å². The summed E-state index contributed by atoms with van der Waals surface area (Å²) in [7, 11) is 0. The monoisotopic (exact) mass is 356 g/mol. The first-order valence-corrected chi connectivity index (χ1v) is 9.16. The van der Waals surface area contributed by atoms with E-state index < -0.39 is 11.6 Å². The molecule has 2 aromatic rings. The van der Waals surface area contributed by atoms with E-state index in [0.717, 1.165) is 37.9 Å². The second-order valence-corrected chi connectivity index (χ2v) is 7.18. The van der Waals surface area contributed by atoms with Crippen molar-refractivity contribution in [1.82, 2.24) is 10.2 Å². The number of fused-ring (bicyclic) bond motifs is 1. The van der Waals surface area contributed by atoms with Crippen molar-refractivity contribution in [2.45, 2.75) is 37.9 Å². The van der Waals surface area contributed by atoms with Gasteiger partial charge in [0.05, 0.1) is 5.92 Å². The zero-order valence-corrected chi connectivity index (χ0v) is 14.5. The zero-order chi connectivity index (χ0) is 18.1. The third-order valence-corrected chi connectivity index (χ3v) is 5.66. The van der Waals surface area contributed by atoms with Crippen LogP contribution in [0.5, 0.6) is 0 Å². The van der Waals surface area contributed by atoms with Gasteiger partial charge in [-0.25, -0.2) is 8.78 Å². The standard InChI is InChI=1S/C21H22F2N2O/c22-17-9-8-14(11-18(17)23)13-24-21(26)16-12-20(15-5-2-1-3-6-15)25-10-4-7-19(16)25/h1-3,5-6,8-9,11,16,19-20H,4,7,10,12-13H2,(H,24,26)/t16-,19+,20-/m1/s1. The van der Waals surface area contributed by atoms with Gasteiger partial charge >= 0.3 is 0 Å². The number of benzene rings is 2. The number of amides is 1. The molecule has 2 saturated heterocycles. The Balaban J connectivity index is 1.45. The van der Waals surface area contributed by atoms with Gasteiger partial charge in [-0.1, -0.05) is 36.4 Å². The van der Waals surface area contributed by atoms with E-state index in [1.54, 1.807) is 0 Å². The van der Waals surface area contributed by atoms with Crippen molar-refractivity contribution in [2.24, 2.45) is 5.92 Å².